The number of carboxylic acids is 1. The van der Waals surface area contributed by atoms with Crippen molar-refractivity contribution >= 4 is 23.1 Å². The van der Waals surface area contributed by atoms with Crippen LogP contribution >= 0.6 is 0 Å². The minimum absolute atomic E-state index is 0.0311. The maximum absolute atomic E-state index is 14.2. The lowest BCUT2D eigenvalue weighted by molar-refractivity contribution is -0.384. The molecule has 0 saturated heterocycles. The van der Waals surface area contributed by atoms with E-state index in [4.69, 9.17) is 5.11 Å². The molecule has 2 aromatic carbocycles. The van der Waals surface area contributed by atoms with Crippen LogP contribution in [0.15, 0.2) is 47.5 Å². The number of halogens is 1. The van der Waals surface area contributed by atoms with Crippen molar-refractivity contribution < 1.29 is 19.2 Å². The largest absolute Gasteiger partial charge is 0.480 e. The zero-order valence-electron chi connectivity index (χ0n) is 12.7. The third kappa shape index (κ3) is 3.72. The first kappa shape index (κ1) is 17.1. The van der Waals surface area contributed by atoms with Gasteiger partial charge in [-0.15, -0.1) is 0 Å². The van der Waals surface area contributed by atoms with Gasteiger partial charge in [-0.1, -0.05) is 12.1 Å². The van der Waals surface area contributed by atoms with Crippen LogP contribution in [0, 0.1) is 15.9 Å². The molecule has 0 unspecified atom stereocenters. The molecule has 0 aromatic heterocycles. The van der Waals surface area contributed by atoms with E-state index < -0.39 is 23.3 Å². The van der Waals surface area contributed by atoms with E-state index in [1.54, 1.807) is 13.1 Å². The van der Waals surface area contributed by atoms with Crippen LogP contribution in [0.5, 0.6) is 0 Å². The van der Waals surface area contributed by atoms with Gasteiger partial charge in [0.1, 0.15) is 12.4 Å². The SMILES string of the molecule is CNc1ccc([N+](=O)[O-])cc1C(=NCC(=O)O)c1ccccc1F. The Labute approximate surface area is 136 Å². The molecule has 0 aliphatic carbocycles. The highest BCUT2D eigenvalue weighted by molar-refractivity contribution is 6.16. The van der Waals surface area contributed by atoms with Gasteiger partial charge in [0.05, 0.1) is 10.6 Å². The number of aliphatic imine (C=N–C) groups is 1. The Morgan fingerprint density at radius 1 is 1.29 bits per heavy atom. The van der Waals surface area contributed by atoms with E-state index in [-0.39, 0.29) is 22.5 Å². The number of hydrogen-bond donors (Lipinski definition) is 2. The van der Waals surface area contributed by atoms with Crippen molar-refractivity contribution in [2.75, 3.05) is 18.9 Å². The number of hydrogen-bond acceptors (Lipinski definition) is 5. The first-order chi connectivity index (χ1) is 11.4. The van der Waals surface area contributed by atoms with Crippen LogP contribution in [-0.4, -0.2) is 35.3 Å². The molecule has 0 saturated carbocycles. The number of aliphatic carboxylic acids is 1. The van der Waals surface area contributed by atoms with Crippen molar-refractivity contribution in [1.29, 1.82) is 0 Å². The Hall–Kier alpha value is -3.29. The predicted octanol–water partition coefficient (Wildman–Crippen LogP) is 2.70. The van der Waals surface area contributed by atoms with Gasteiger partial charge in [-0.2, -0.15) is 0 Å². The molecule has 2 N–H and O–H groups in total. The fourth-order valence-corrected chi connectivity index (χ4v) is 2.18. The van der Waals surface area contributed by atoms with E-state index in [2.05, 4.69) is 10.3 Å². The summed E-state index contributed by atoms with van der Waals surface area (Å²) in [6.07, 6.45) is 0. The lowest BCUT2D eigenvalue weighted by Crippen LogP contribution is -2.12. The van der Waals surface area contributed by atoms with Gasteiger partial charge in [0.15, 0.2) is 0 Å². The molecule has 0 amide bonds. The third-order valence-electron chi connectivity index (χ3n) is 3.24. The van der Waals surface area contributed by atoms with Gasteiger partial charge in [-0.25, -0.2) is 4.39 Å². The van der Waals surface area contributed by atoms with Crippen molar-refractivity contribution in [2.24, 2.45) is 4.99 Å². The Bertz CT molecular complexity index is 821. The minimum atomic E-state index is -1.19. The van der Waals surface area contributed by atoms with Crippen LogP contribution < -0.4 is 5.32 Å². The number of non-ortho nitro benzene ring substituents is 1. The van der Waals surface area contributed by atoms with Gasteiger partial charge in [0.25, 0.3) is 5.69 Å². The topological polar surface area (TPSA) is 105 Å². The van der Waals surface area contributed by atoms with Crippen LogP contribution in [0.2, 0.25) is 0 Å². The highest BCUT2D eigenvalue weighted by atomic mass is 19.1. The molecule has 0 heterocycles. The van der Waals surface area contributed by atoms with Crippen LogP contribution in [0.4, 0.5) is 15.8 Å². The van der Waals surface area contributed by atoms with E-state index in [9.17, 15) is 19.3 Å². The molecule has 0 spiro atoms. The summed E-state index contributed by atoms with van der Waals surface area (Å²) in [5.41, 5.74) is 0.605. The second kappa shape index (κ2) is 7.32. The van der Waals surface area contributed by atoms with Crippen LogP contribution in [-0.2, 0) is 4.79 Å². The number of carbonyl (C=O) groups is 1. The van der Waals surface area contributed by atoms with Crippen molar-refractivity contribution in [3.8, 4) is 0 Å². The van der Waals surface area contributed by atoms with Gasteiger partial charge in [0, 0.05) is 36.0 Å². The maximum Gasteiger partial charge on any atom is 0.325 e. The zero-order chi connectivity index (χ0) is 17.7. The molecule has 0 aliphatic rings. The fourth-order valence-electron chi connectivity index (χ4n) is 2.18. The molecule has 24 heavy (non-hydrogen) atoms. The Morgan fingerprint density at radius 3 is 2.58 bits per heavy atom. The van der Waals surface area contributed by atoms with Gasteiger partial charge < -0.3 is 10.4 Å². The Kier molecular flexibility index (Phi) is 5.20. The first-order valence-electron chi connectivity index (χ1n) is 6.91. The van der Waals surface area contributed by atoms with Gasteiger partial charge >= 0.3 is 5.97 Å². The summed E-state index contributed by atoms with van der Waals surface area (Å²) in [6, 6.07) is 9.70. The van der Waals surface area contributed by atoms with Gasteiger partial charge in [-0.05, 0) is 18.2 Å². The number of nitrogens with zero attached hydrogens (tertiary/aromatic N) is 2. The highest BCUT2D eigenvalue weighted by Crippen LogP contribution is 2.26. The van der Waals surface area contributed by atoms with Crippen molar-refractivity contribution in [3.05, 3.63) is 69.5 Å². The second-order valence-corrected chi connectivity index (χ2v) is 4.78. The van der Waals surface area contributed by atoms with Crippen molar-refractivity contribution in [1.82, 2.24) is 0 Å². The highest BCUT2D eigenvalue weighted by Gasteiger charge is 2.19. The molecule has 0 aliphatic heterocycles. The van der Waals surface area contributed by atoms with Gasteiger partial charge in [-0.3, -0.25) is 19.9 Å². The molecule has 0 radical (unpaired) electrons. The Morgan fingerprint density at radius 2 is 2.00 bits per heavy atom. The number of nitrogens with one attached hydrogen (secondary N) is 1. The monoisotopic (exact) mass is 331 g/mol. The standard InChI is InChI=1S/C16H14FN3O4/c1-18-14-7-6-10(20(23)24)8-12(14)16(19-9-15(21)22)11-4-2-3-5-13(11)17/h2-8,18H,9H2,1H3,(H,21,22). The quantitative estimate of drug-likeness (QED) is 0.481. The lowest BCUT2D eigenvalue weighted by atomic mass is 9.99. The molecular weight excluding hydrogens is 317 g/mol. The molecule has 0 atom stereocenters. The van der Waals surface area contributed by atoms with Crippen LogP contribution in [0.25, 0.3) is 0 Å². The van der Waals surface area contributed by atoms with E-state index in [1.165, 1.54) is 36.4 Å². The summed E-state index contributed by atoms with van der Waals surface area (Å²) < 4.78 is 14.2. The van der Waals surface area contributed by atoms with E-state index in [0.717, 1.165) is 0 Å². The summed E-state index contributed by atoms with van der Waals surface area (Å²) in [6.45, 7) is -0.588. The van der Waals surface area contributed by atoms with Crippen molar-refractivity contribution in [2.45, 2.75) is 0 Å². The fraction of sp³-hybridized carbons (Fsp3) is 0.125. The molecule has 2 rings (SSSR count). The average Bonchev–Trinajstić information content (AvgIpc) is 2.56. The van der Waals surface area contributed by atoms with E-state index in [0.29, 0.717) is 5.69 Å². The zero-order valence-corrected chi connectivity index (χ0v) is 12.7. The molecule has 8 heteroatoms. The maximum atomic E-state index is 14.2. The van der Waals surface area contributed by atoms with E-state index >= 15 is 0 Å². The molecule has 2 aromatic rings. The summed E-state index contributed by atoms with van der Waals surface area (Å²) in [5, 5.41) is 22.7. The third-order valence-corrected chi connectivity index (χ3v) is 3.24. The Balaban J connectivity index is 2.70. The molecule has 7 nitrogen and oxygen atoms in total. The van der Waals surface area contributed by atoms with Crippen molar-refractivity contribution in [3.63, 3.8) is 0 Å². The normalized spacial score (nSPS) is 11.2. The van der Waals surface area contributed by atoms with Crippen LogP contribution in [0.3, 0.4) is 0 Å². The number of carboxylic acid groups (broad SMARTS) is 1. The smallest absolute Gasteiger partial charge is 0.325 e. The molecule has 124 valence electrons. The lowest BCUT2D eigenvalue weighted by Gasteiger charge is -2.13. The number of nitro benzene ring substituents is 1. The molecule has 0 fully saturated rings. The van der Waals surface area contributed by atoms with Gasteiger partial charge in [0.2, 0.25) is 0 Å². The predicted molar refractivity (Wildman–Crippen MR) is 87.2 cm³/mol. The number of rotatable bonds is 6. The van der Waals surface area contributed by atoms with E-state index in [1.807, 2.05) is 0 Å². The average molecular weight is 331 g/mol. The number of anilines is 1. The molecule has 0 bridgehead atoms. The summed E-state index contributed by atoms with van der Waals surface area (Å²) in [5.74, 6) is -1.80. The summed E-state index contributed by atoms with van der Waals surface area (Å²) in [7, 11) is 1.60. The number of nitro groups is 1. The molecular formula is C16H14FN3O4. The van der Waals surface area contributed by atoms with Crippen LogP contribution in [0.1, 0.15) is 11.1 Å². The summed E-state index contributed by atoms with van der Waals surface area (Å²) >= 11 is 0. The summed E-state index contributed by atoms with van der Waals surface area (Å²) in [4.78, 5) is 25.2. The second-order valence-electron chi connectivity index (χ2n) is 4.78. The minimum Gasteiger partial charge on any atom is -0.480 e. The number of benzene rings is 2. The first-order valence-corrected chi connectivity index (χ1v) is 6.91.